The molecule has 1 aromatic heterocycles. The molecule has 10 nitrogen and oxygen atoms in total. The molecule has 0 saturated heterocycles. The fourth-order valence-electron chi connectivity index (χ4n) is 4.10. The van der Waals surface area contributed by atoms with Crippen LogP contribution in [0.5, 0.6) is 0 Å². The van der Waals surface area contributed by atoms with E-state index in [9.17, 15) is 14.4 Å². The van der Waals surface area contributed by atoms with E-state index in [2.05, 4.69) is 27.9 Å². The Morgan fingerprint density at radius 3 is 2.31 bits per heavy atom. The van der Waals surface area contributed by atoms with Crippen molar-refractivity contribution in [2.45, 2.75) is 25.0 Å². The summed E-state index contributed by atoms with van der Waals surface area (Å²) in [7, 11) is 1.38. The van der Waals surface area contributed by atoms with Gasteiger partial charge in [-0.25, -0.2) is 9.59 Å². The minimum absolute atomic E-state index is 0.0385. The highest BCUT2D eigenvalue weighted by atomic mass is 16.5. The number of carboxylic acid groups (broad SMARTS) is 1. The third-order valence-corrected chi connectivity index (χ3v) is 5.81. The second kappa shape index (κ2) is 10.8. The zero-order valence-electron chi connectivity index (χ0n) is 19.0. The summed E-state index contributed by atoms with van der Waals surface area (Å²) in [6.07, 6.45) is -1.20. The molecular weight excluding hydrogens is 454 g/mol. The smallest absolute Gasteiger partial charge is 0.407 e. The molecule has 0 bridgehead atoms. The van der Waals surface area contributed by atoms with Gasteiger partial charge in [0.25, 0.3) is 0 Å². The van der Waals surface area contributed by atoms with Crippen LogP contribution in [0.15, 0.2) is 59.1 Å². The van der Waals surface area contributed by atoms with Crippen molar-refractivity contribution in [3.8, 4) is 11.1 Å². The van der Waals surface area contributed by atoms with Gasteiger partial charge in [-0.1, -0.05) is 53.7 Å². The van der Waals surface area contributed by atoms with Crippen LogP contribution in [0.2, 0.25) is 0 Å². The SMILES string of the molecule is COC(CCNC(=O)OCC1c2ccccc2-c2ccccc21)C(=O)NCc1cc(C(=O)O)no1. The number of aromatic nitrogens is 1. The summed E-state index contributed by atoms with van der Waals surface area (Å²) in [5, 5.41) is 17.5. The van der Waals surface area contributed by atoms with E-state index in [-0.39, 0.29) is 43.5 Å². The zero-order chi connectivity index (χ0) is 24.8. The molecule has 4 rings (SSSR count). The summed E-state index contributed by atoms with van der Waals surface area (Å²) in [6, 6.07) is 17.4. The lowest BCUT2D eigenvalue weighted by Gasteiger charge is -2.16. The molecule has 0 fully saturated rings. The lowest BCUT2D eigenvalue weighted by Crippen LogP contribution is -2.38. The number of aromatic carboxylic acids is 1. The van der Waals surface area contributed by atoms with Crippen molar-refractivity contribution in [2.75, 3.05) is 20.3 Å². The maximum absolute atomic E-state index is 12.3. The topological polar surface area (TPSA) is 140 Å². The number of nitrogens with zero attached hydrogens (tertiary/aromatic N) is 1. The summed E-state index contributed by atoms with van der Waals surface area (Å²) in [6.45, 7) is 0.316. The Balaban J connectivity index is 1.23. The van der Waals surface area contributed by atoms with Crippen LogP contribution in [0.25, 0.3) is 11.1 Å². The first-order chi connectivity index (χ1) is 17.0. The van der Waals surface area contributed by atoms with Crippen molar-refractivity contribution in [1.82, 2.24) is 15.8 Å². The molecule has 0 radical (unpaired) electrons. The van der Waals surface area contributed by atoms with Crippen LogP contribution in [-0.2, 0) is 20.8 Å². The third-order valence-electron chi connectivity index (χ3n) is 5.81. The molecule has 1 unspecified atom stereocenters. The quantitative estimate of drug-likeness (QED) is 0.403. The van der Waals surface area contributed by atoms with Gasteiger partial charge in [-0.15, -0.1) is 0 Å². The molecule has 35 heavy (non-hydrogen) atoms. The number of rotatable bonds is 10. The molecule has 1 aliphatic rings. The molecule has 1 aliphatic carbocycles. The highest BCUT2D eigenvalue weighted by Gasteiger charge is 2.29. The van der Waals surface area contributed by atoms with Crippen molar-refractivity contribution in [2.24, 2.45) is 0 Å². The van der Waals surface area contributed by atoms with E-state index in [0.29, 0.717) is 0 Å². The Morgan fingerprint density at radius 1 is 1.06 bits per heavy atom. The van der Waals surface area contributed by atoms with Crippen molar-refractivity contribution in [3.05, 3.63) is 77.2 Å². The average molecular weight is 479 g/mol. The van der Waals surface area contributed by atoms with Gasteiger partial charge in [0, 0.05) is 32.1 Å². The van der Waals surface area contributed by atoms with Gasteiger partial charge in [-0.3, -0.25) is 4.79 Å². The van der Waals surface area contributed by atoms with E-state index in [1.165, 1.54) is 13.2 Å². The van der Waals surface area contributed by atoms with E-state index in [1.807, 2.05) is 36.4 Å². The Bertz CT molecular complexity index is 1180. The fourth-order valence-corrected chi connectivity index (χ4v) is 4.10. The number of hydrogen-bond donors (Lipinski definition) is 3. The number of carboxylic acids is 1. The molecule has 2 amide bonds. The van der Waals surface area contributed by atoms with Gasteiger partial charge in [0.05, 0.1) is 6.54 Å². The number of amides is 2. The second-order valence-corrected chi connectivity index (χ2v) is 7.97. The lowest BCUT2D eigenvalue weighted by atomic mass is 9.98. The van der Waals surface area contributed by atoms with Gasteiger partial charge in [0.2, 0.25) is 5.91 Å². The maximum atomic E-state index is 12.3. The maximum Gasteiger partial charge on any atom is 0.407 e. The number of benzene rings is 2. The van der Waals surface area contributed by atoms with Crippen molar-refractivity contribution < 1.29 is 33.5 Å². The Morgan fingerprint density at radius 2 is 1.71 bits per heavy atom. The lowest BCUT2D eigenvalue weighted by molar-refractivity contribution is -0.131. The van der Waals surface area contributed by atoms with Crippen molar-refractivity contribution >= 4 is 18.0 Å². The third kappa shape index (κ3) is 5.49. The van der Waals surface area contributed by atoms with E-state index >= 15 is 0 Å². The van der Waals surface area contributed by atoms with E-state index in [4.69, 9.17) is 19.1 Å². The summed E-state index contributed by atoms with van der Waals surface area (Å²) < 4.78 is 15.5. The van der Waals surface area contributed by atoms with Crippen molar-refractivity contribution in [3.63, 3.8) is 0 Å². The zero-order valence-corrected chi connectivity index (χ0v) is 19.0. The first-order valence-corrected chi connectivity index (χ1v) is 11.1. The average Bonchev–Trinajstić information content (AvgIpc) is 3.47. The van der Waals surface area contributed by atoms with Crippen LogP contribution < -0.4 is 10.6 Å². The minimum atomic E-state index is -1.22. The van der Waals surface area contributed by atoms with Gasteiger partial charge in [0.1, 0.15) is 12.7 Å². The van der Waals surface area contributed by atoms with Crippen LogP contribution in [0, 0.1) is 0 Å². The first kappa shape index (κ1) is 24.0. The largest absolute Gasteiger partial charge is 0.476 e. The molecule has 2 aromatic carbocycles. The summed E-state index contributed by atoms with van der Waals surface area (Å²) in [4.78, 5) is 35.5. The van der Waals surface area contributed by atoms with Crippen LogP contribution in [-0.4, -0.2) is 54.6 Å². The van der Waals surface area contributed by atoms with Crippen LogP contribution in [0.1, 0.15) is 39.7 Å². The number of carbonyl (C=O) groups is 3. The first-order valence-electron chi connectivity index (χ1n) is 11.1. The Kier molecular flexibility index (Phi) is 7.41. The monoisotopic (exact) mass is 479 g/mol. The predicted octanol–water partition coefficient (Wildman–Crippen LogP) is 2.93. The summed E-state index contributed by atoms with van der Waals surface area (Å²) in [5.41, 5.74) is 4.30. The van der Waals surface area contributed by atoms with Gasteiger partial charge in [0.15, 0.2) is 11.5 Å². The highest BCUT2D eigenvalue weighted by molar-refractivity contribution is 5.85. The molecule has 182 valence electrons. The number of methoxy groups -OCH3 is 1. The summed E-state index contributed by atoms with van der Waals surface area (Å²) in [5.74, 6) is -1.50. The number of fused-ring (bicyclic) bond motifs is 3. The van der Waals surface area contributed by atoms with E-state index in [0.717, 1.165) is 22.3 Å². The van der Waals surface area contributed by atoms with Gasteiger partial charge in [-0.2, -0.15) is 0 Å². The van der Waals surface area contributed by atoms with Crippen LogP contribution >= 0.6 is 0 Å². The van der Waals surface area contributed by atoms with E-state index in [1.54, 1.807) is 0 Å². The van der Waals surface area contributed by atoms with E-state index < -0.39 is 24.1 Å². The molecular formula is C25H25N3O7. The van der Waals surface area contributed by atoms with Gasteiger partial charge >= 0.3 is 12.1 Å². The molecule has 0 spiro atoms. The van der Waals surface area contributed by atoms with Crippen molar-refractivity contribution in [1.29, 1.82) is 0 Å². The molecule has 0 aliphatic heterocycles. The Labute approximate surface area is 201 Å². The minimum Gasteiger partial charge on any atom is -0.476 e. The molecule has 10 heteroatoms. The fraction of sp³-hybridized carbons (Fsp3) is 0.280. The molecule has 3 aromatic rings. The van der Waals surface area contributed by atoms with Crippen LogP contribution in [0.4, 0.5) is 4.79 Å². The van der Waals surface area contributed by atoms with Gasteiger partial charge in [-0.05, 0) is 22.3 Å². The highest BCUT2D eigenvalue weighted by Crippen LogP contribution is 2.44. The number of alkyl carbamates (subject to hydrolysis) is 1. The number of nitrogens with one attached hydrogen (secondary N) is 2. The molecule has 1 atom stereocenters. The second-order valence-electron chi connectivity index (χ2n) is 7.97. The number of hydrogen-bond acceptors (Lipinski definition) is 7. The molecule has 3 N–H and O–H groups in total. The molecule has 0 saturated carbocycles. The predicted molar refractivity (Wildman–Crippen MR) is 124 cm³/mol. The normalized spacial score (nSPS) is 12.9. The molecule has 1 heterocycles. The Hall–Kier alpha value is -4.18. The number of ether oxygens (including phenoxy) is 2. The number of carbonyl (C=O) groups excluding carboxylic acids is 2. The van der Waals surface area contributed by atoms with Crippen LogP contribution in [0.3, 0.4) is 0 Å². The standard InChI is InChI=1S/C25H25N3O7/c1-33-22(23(29)27-13-15-12-21(24(30)31)28-35-15)10-11-26-25(32)34-14-20-18-8-4-2-6-16(18)17-7-3-5-9-19(17)20/h2-9,12,20,22H,10-11,13-14H2,1H3,(H,26,32)(H,27,29)(H,30,31). The summed E-state index contributed by atoms with van der Waals surface area (Å²) >= 11 is 0. The van der Waals surface area contributed by atoms with Gasteiger partial charge < -0.3 is 29.7 Å².